The number of hydrogen-bond donors (Lipinski definition) is 1. The van der Waals surface area contributed by atoms with Crippen molar-refractivity contribution in [1.29, 1.82) is 0 Å². The zero-order valence-electron chi connectivity index (χ0n) is 11.4. The molecule has 0 spiro atoms. The lowest BCUT2D eigenvalue weighted by atomic mass is 9.75. The molecule has 0 amide bonds. The number of rotatable bonds is 5. The van der Waals surface area contributed by atoms with Crippen LogP contribution < -0.4 is 5.32 Å². The first-order valence-corrected chi connectivity index (χ1v) is 7.48. The summed E-state index contributed by atoms with van der Waals surface area (Å²) in [5.41, 5.74) is 0.193. The number of halogens is 2. The van der Waals surface area contributed by atoms with Crippen molar-refractivity contribution in [1.82, 2.24) is 4.90 Å². The van der Waals surface area contributed by atoms with E-state index in [0.29, 0.717) is 6.54 Å². The van der Waals surface area contributed by atoms with Gasteiger partial charge in [0.05, 0.1) is 8.49 Å². The quantitative estimate of drug-likeness (QED) is 0.474. The van der Waals surface area contributed by atoms with Gasteiger partial charge in [-0.2, -0.15) is 0 Å². The summed E-state index contributed by atoms with van der Waals surface area (Å²) in [4.78, 5) is 12.7. The van der Waals surface area contributed by atoms with E-state index in [2.05, 4.69) is 10.2 Å². The van der Waals surface area contributed by atoms with E-state index in [1.807, 2.05) is 14.1 Å². The van der Waals surface area contributed by atoms with Crippen molar-refractivity contribution >= 4 is 34.0 Å². The Labute approximate surface area is 130 Å². The molecule has 2 rings (SSSR count). The van der Waals surface area contributed by atoms with Crippen molar-refractivity contribution in [3.8, 4) is 0 Å². The van der Waals surface area contributed by atoms with Crippen molar-refractivity contribution in [2.45, 2.75) is 24.8 Å². The Kier molecular flexibility index (Phi) is 4.48. The lowest BCUT2D eigenvalue weighted by Gasteiger charge is -2.47. The first kappa shape index (κ1) is 15.4. The van der Waals surface area contributed by atoms with Gasteiger partial charge in [-0.15, -0.1) is 0 Å². The Bertz CT molecular complexity index is 533. The molecule has 1 aromatic carbocycles. The summed E-state index contributed by atoms with van der Waals surface area (Å²) in [5.74, 6) is -0.439. The van der Waals surface area contributed by atoms with E-state index in [1.165, 1.54) is 12.1 Å². The number of nitrogens with zero attached hydrogens (tertiary/aromatic N) is 2. The lowest BCUT2D eigenvalue weighted by molar-refractivity contribution is -0.384. The number of nitro benzene ring substituents is 1. The molecule has 1 fully saturated rings. The molecule has 110 valence electrons. The number of anilines is 1. The summed E-state index contributed by atoms with van der Waals surface area (Å²) < 4.78 is 13.9. The highest BCUT2D eigenvalue weighted by Gasteiger charge is 2.39. The average molecular weight is 393 g/mol. The van der Waals surface area contributed by atoms with Gasteiger partial charge in [-0.1, -0.05) is 0 Å². The number of nitro groups is 1. The third-order valence-electron chi connectivity index (χ3n) is 4.08. The molecule has 1 N–H and O–H groups in total. The minimum atomic E-state index is -0.479. The third-order valence-corrected chi connectivity index (χ3v) is 4.90. The van der Waals surface area contributed by atoms with Crippen LogP contribution in [0.2, 0.25) is 0 Å². The smallest absolute Gasteiger partial charge is 0.293 e. The molecular formula is C13H17FIN3O2. The predicted molar refractivity (Wildman–Crippen MR) is 84.5 cm³/mol. The molecule has 7 heteroatoms. The second-order valence-electron chi connectivity index (χ2n) is 5.37. The Morgan fingerprint density at radius 2 is 2.15 bits per heavy atom. The summed E-state index contributed by atoms with van der Waals surface area (Å²) in [7, 11) is 4.01. The van der Waals surface area contributed by atoms with Gasteiger partial charge in [-0.05, 0) is 55.9 Å². The number of nitrogens with one attached hydrogen (secondary N) is 1. The van der Waals surface area contributed by atoms with Crippen LogP contribution in [0.4, 0.5) is 15.8 Å². The molecule has 1 aliphatic rings. The van der Waals surface area contributed by atoms with Gasteiger partial charge >= 0.3 is 0 Å². The molecule has 1 aliphatic carbocycles. The molecule has 0 aliphatic heterocycles. The summed E-state index contributed by atoms with van der Waals surface area (Å²) in [6, 6.07) is 2.48. The first-order valence-electron chi connectivity index (χ1n) is 6.40. The van der Waals surface area contributed by atoms with Gasteiger partial charge in [-0.25, -0.2) is 4.39 Å². The fourth-order valence-corrected chi connectivity index (χ4v) is 2.91. The topological polar surface area (TPSA) is 58.4 Å². The van der Waals surface area contributed by atoms with Crippen molar-refractivity contribution in [2.24, 2.45) is 0 Å². The van der Waals surface area contributed by atoms with E-state index in [1.54, 1.807) is 22.6 Å². The molecule has 0 saturated heterocycles. The third kappa shape index (κ3) is 2.88. The maximum atomic E-state index is 13.6. The molecule has 0 bridgehead atoms. The van der Waals surface area contributed by atoms with Gasteiger partial charge in [0.2, 0.25) is 0 Å². The molecule has 1 saturated carbocycles. The average Bonchev–Trinajstić information content (AvgIpc) is 2.30. The second-order valence-corrected chi connectivity index (χ2v) is 6.53. The van der Waals surface area contributed by atoms with Crippen molar-refractivity contribution in [3.05, 3.63) is 31.6 Å². The van der Waals surface area contributed by atoms with Gasteiger partial charge in [0.1, 0.15) is 11.5 Å². The molecule has 5 nitrogen and oxygen atoms in total. The fraction of sp³-hybridized carbons (Fsp3) is 0.538. The SMILES string of the molecule is CN(C)C1(CNc2cc(F)c(I)cc2[N+](=O)[O-])CCC1. The Morgan fingerprint density at radius 1 is 1.50 bits per heavy atom. The first-order chi connectivity index (χ1) is 9.35. The molecule has 0 atom stereocenters. The van der Waals surface area contributed by atoms with Gasteiger partial charge in [0, 0.05) is 24.2 Å². The monoisotopic (exact) mass is 393 g/mol. The van der Waals surface area contributed by atoms with Crippen LogP contribution in [0.1, 0.15) is 19.3 Å². The summed E-state index contributed by atoms with van der Waals surface area (Å²) in [6.07, 6.45) is 3.25. The van der Waals surface area contributed by atoms with E-state index >= 15 is 0 Å². The van der Waals surface area contributed by atoms with E-state index in [-0.39, 0.29) is 20.5 Å². The summed E-state index contributed by atoms with van der Waals surface area (Å²) >= 11 is 1.76. The summed E-state index contributed by atoms with van der Waals surface area (Å²) in [6.45, 7) is 0.584. The standard InChI is InChI=1S/C13H17FIN3O2/c1-17(2)13(4-3-5-13)8-16-11-6-9(14)10(15)7-12(11)18(19)20/h6-7,16H,3-5,8H2,1-2H3. The highest BCUT2D eigenvalue weighted by atomic mass is 127. The number of hydrogen-bond acceptors (Lipinski definition) is 4. The lowest BCUT2D eigenvalue weighted by Crippen LogP contribution is -2.54. The maximum absolute atomic E-state index is 13.6. The predicted octanol–water partition coefficient (Wildman–Crippen LogP) is 3.23. The van der Waals surface area contributed by atoms with Crippen molar-refractivity contribution in [3.63, 3.8) is 0 Å². The number of likely N-dealkylation sites (N-methyl/N-ethyl adjacent to an activating group) is 1. The molecular weight excluding hydrogens is 376 g/mol. The Morgan fingerprint density at radius 3 is 2.60 bits per heavy atom. The van der Waals surface area contributed by atoms with E-state index in [9.17, 15) is 14.5 Å². The molecule has 0 heterocycles. The normalized spacial score (nSPS) is 16.9. The zero-order chi connectivity index (χ0) is 14.9. The van der Waals surface area contributed by atoms with Crippen LogP contribution in [0, 0.1) is 19.5 Å². The van der Waals surface area contributed by atoms with Crippen LogP contribution in [0.25, 0.3) is 0 Å². The second kappa shape index (κ2) is 5.80. The van der Waals surface area contributed by atoms with Gasteiger partial charge in [0.15, 0.2) is 0 Å². The van der Waals surface area contributed by atoms with E-state index in [4.69, 9.17) is 0 Å². The fourth-order valence-electron chi connectivity index (χ4n) is 2.46. The van der Waals surface area contributed by atoms with Crippen LogP contribution >= 0.6 is 22.6 Å². The highest BCUT2D eigenvalue weighted by Crippen LogP contribution is 2.37. The van der Waals surface area contributed by atoms with E-state index in [0.717, 1.165) is 19.3 Å². The Hall–Kier alpha value is -0.960. The highest BCUT2D eigenvalue weighted by molar-refractivity contribution is 14.1. The zero-order valence-corrected chi connectivity index (χ0v) is 13.6. The Balaban J connectivity index is 2.21. The molecule has 0 aromatic heterocycles. The van der Waals surface area contributed by atoms with Gasteiger partial charge in [-0.3, -0.25) is 10.1 Å². The molecule has 0 radical (unpaired) electrons. The molecule has 1 aromatic rings. The van der Waals surface area contributed by atoms with Gasteiger partial charge < -0.3 is 10.2 Å². The van der Waals surface area contributed by atoms with Crippen LogP contribution in [-0.4, -0.2) is 36.0 Å². The molecule has 20 heavy (non-hydrogen) atoms. The van der Waals surface area contributed by atoms with Crippen LogP contribution in [-0.2, 0) is 0 Å². The van der Waals surface area contributed by atoms with Crippen LogP contribution in [0.3, 0.4) is 0 Å². The molecule has 0 unspecified atom stereocenters. The number of benzene rings is 1. The minimum absolute atomic E-state index is 0.0212. The van der Waals surface area contributed by atoms with Crippen LogP contribution in [0.5, 0.6) is 0 Å². The van der Waals surface area contributed by atoms with Crippen LogP contribution in [0.15, 0.2) is 12.1 Å². The van der Waals surface area contributed by atoms with Crippen molar-refractivity contribution in [2.75, 3.05) is 26.0 Å². The largest absolute Gasteiger partial charge is 0.378 e. The summed E-state index contributed by atoms with van der Waals surface area (Å²) in [5, 5.41) is 14.1. The minimum Gasteiger partial charge on any atom is -0.378 e. The van der Waals surface area contributed by atoms with E-state index < -0.39 is 10.7 Å². The van der Waals surface area contributed by atoms with Gasteiger partial charge in [0.25, 0.3) is 5.69 Å². The van der Waals surface area contributed by atoms with Crippen molar-refractivity contribution < 1.29 is 9.31 Å². The maximum Gasteiger partial charge on any atom is 0.293 e.